The Morgan fingerprint density at radius 1 is 1.06 bits per heavy atom. The second-order valence-electron chi connectivity index (χ2n) is 3.41. The highest BCUT2D eigenvalue weighted by molar-refractivity contribution is 7.86. The molecule has 16 heavy (non-hydrogen) atoms. The molecule has 2 aromatic rings. The number of fused-ring (bicyclic) bond motifs is 1. The summed E-state index contributed by atoms with van der Waals surface area (Å²) < 4.78 is 31.6. The second kappa shape index (κ2) is 4.71. The third-order valence-electron chi connectivity index (χ3n) is 2.33. The fourth-order valence-electron chi connectivity index (χ4n) is 1.69. The van der Waals surface area contributed by atoms with Gasteiger partial charge in [0.05, 0.1) is 0 Å². The largest absolute Gasteiger partial charge is 0.295 e. The standard InChI is InChI=1S/C11H10O3S.Mg/c1-8-6-7-9-4-2-3-5-10(9)11(8)15(12,13)14;/h2-7H,1H3,(H,12,13,14);. The summed E-state index contributed by atoms with van der Waals surface area (Å²) in [4.78, 5) is 0.000556. The molecule has 1 N–H and O–H groups in total. The number of aryl methyl sites for hydroxylation is 1. The van der Waals surface area contributed by atoms with Crippen LogP contribution in [0.1, 0.15) is 5.56 Å². The van der Waals surface area contributed by atoms with Gasteiger partial charge in [-0.05, 0) is 17.9 Å². The molecule has 0 saturated carbocycles. The van der Waals surface area contributed by atoms with Gasteiger partial charge in [-0.3, -0.25) is 4.55 Å². The summed E-state index contributed by atoms with van der Waals surface area (Å²) in [7, 11) is -4.16. The maximum atomic E-state index is 11.2. The summed E-state index contributed by atoms with van der Waals surface area (Å²) in [5.41, 5.74) is 0.552. The molecule has 0 aliphatic heterocycles. The lowest BCUT2D eigenvalue weighted by molar-refractivity contribution is 0.483. The highest BCUT2D eigenvalue weighted by Crippen LogP contribution is 2.25. The quantitative estimate of drug-likeness (QED) is 0.619. The molecule has 0 spiro atoms. The van der Waals surface area contributed by atoms with Crippen LogP contribution < -0.4 is 0 Å². The lowest BCUT2D eigenvalue weighted by Gasteiger charge is -2.06. The van der Waals surface area contributed by atoms with Gasteiger partial charge < -0.3 is 0 Å². The molecule has 0 fully saturated rings. The van der Waals surface area contributed by atoms with Crippen molar-refractivity contribution < 1.29 is 13.0 Å². The van der Waals surface area contributed by atoms with Gasteiger partial charge in [-0.15, -0.1) is 0 Å². The first-order valence-corrected chi connectivity index (χ1v) is 5.90. The topological polar surface area (TPSA) is 54.4 Å². The highest BCUT2D eigenvalue weighted by Gasteiger charge is 2.16. The van der Waals surface area contributed by atoms with Crippen molar-refractivity contribution in [3.8, 4) is 0 Å². The Kier molecular flexibility index (Phi) is 3.95. The van der Waals surface area contributed by atoms with Gasteiger partial charge in [-0.25, -0.2) is 0 Å². The molecule has 0 saturated heterocycles. The van der Waals surface area contributed by atoms with E-state index in [-0.39, 0.29) is 27.9 Å². The summed E-state index contributed by atoms with van der Waals surface area (Å²) in [6.45, 7) is 1.66. The zero-order valence-corrected chi connectivity index (χ0v) is 11.1. The van der Waals surface area contributed by atoms with Gasteiger partial charge in [0, 0.05) is 28.4 Å². The minimum Gasteiger partial charge on any atom is -0.282 e. The van der Waals surface area contributed by atoms with E-state index in [9.17, 15) is 8.42 Å². The Bertz CT molecular complexity index is 620. The lowest BCUT2D eigenvalue weighted by atomic mass is 10.1. The predicted molar refractivity (Wildman–Crippen MR) is 64.3 cm³/mol. The first-order valence-electron chi connectivity index (χ1n) is 4.46. The Morgan fingerprint density at radius 2 is 1.69 bits per heavy atom. The molecular formula is C11H10MgO3S. The molecule has 2 aromatic carbocycles. The summed E-state index contributed by atoms with van der Waals surface area (Å²) in [5.74, 6) is 0. The summed E-state index contributed by atoms with van der Waals surface area (Å²) in [5, 5.41) is 1.36. The maximum Gasteiger partial charge on any atom is 0.295 e. The van der Waals surface area contributed by atoms with Crippen LogP contribution in [-0.2, 0) is 10.1 Å². The molecule has 2 rings (SSSR count). The Morgan fingerprint density at radius 3 is 2.31 bits per heavy atom. The van der Waals surface area contributed by atoms with E-state index < -0.39 is 10.1 Å². The highest BCUT2D eigenvalue weighted by atomic mass is 32.2. The van der Waals surface area contributed by atoms with Crippen molar-refractivity contribution in [2.75, 3.05) is 0 Å². The van der Waals surface area contributed by atoms with Crippen molar-refractivity contribution in [3.63, 3.8) is 0 Å². The van der Waals surface area contributed by atoms with Gasteiger partial charge >= 0.3 is 0 Å². The van der Waals surface area contributed by atoms with Crippen LogP contribution in [0.2, 0.25) is 0 Å². The predicted octanol–water partition coefficient (Wildman–Crippen LogP) is 2.01. The summed E-state index contributed by atoms with van der Waals surface area (Å²) in [6, 6.07) is 10.6. The van der Waals surface area contributed by atoms with E-state index in [2.05, 4.69) is 0 Å². The lowest BCUT2D eigenvalue weighted by Crippen LogP contribution is -2.01. The van der Waals surface area contributed by atoms with Gasteiger partial charge in [0.2, 0.25) is 0 Å². The first kappa shape index (κ1) is 13.4. The second-order valence-corrected chi connectivity index (χ2v) is 4.77. The smallest absolute Gasteiger partial charge is 0.282 e. The van der Waals surface area contributed by atoms with Gasteiger partial charge in [0.15, 0.2) is 0 Å². The van der Waals surface area contributed by atoms with Gasteiger partial charge in [0.25, 0.3) is 10.1 Å². The van der Waals surface area contributed by atoms with Crippen molar-refractivity contribution >= 4 is 43.9 Å². The van der Waals surface area contributed by atoms with E-state index in [4.69, 9.17) is 4.55 Å². The van der Waals surface area contributed by atoms with Crippen molar-refractivity contribution in [1.82, 2.24) is 0 Å². The molecule has 5 heteroatoms. The van der Waals surface area contributed by atoms with Gasteiger partial charge in [0.1, 0.15) is 4.90 Å². The van der Waals surface area contributed by atoms with Crippen molar-refractivity contribution in [2.45, 2.75) is 11.8 Å². The molecule has 0 aliphatic rings. The minimum atomic E-state index is -4.16. The van der Waals surface area contributed by atoms with E-state index >= 15 is 0 Å². The molecule has 0 amide bonds. The molecule has 0 bridgehead atoms. The van der Waals surface area contributed by atoms with E-state index in [1.54, 1.807) is 25.1 Å². The van der Waals surface area contributed by atoms with Crippen LogP contribution in [0.5, 0.6) is 0 Å². The van der Waals surface area contributed by atoms with Crippen molar-refractivity contribution in [1.29, 1.82) is 0 Å². The van der Waals surface area contributed by atoms with Crippen molar-refractivity contribution in [3.05, 3.63) is 42.0 Å². The molecule has 0 aliphatic carbocycles. The fourth-order valence-corrected chi connectivity index (χ4v) is 2.63. The molecule has 2 radical (unpaired) electrons. The van der Waals surface area contributed by atoms with Gasteiger partial charge in [-0.2, -0.15) is 8.42 Å². The molecule has 3 nitrogen and oxygen atoms in total. The van der Waals surface area contributed by atoms with Crippen LogP contribution in [0.15, 0.2) is 41.3 Å². The number of rotatable bonds is 1. The van der Waals surface area contributed by atoms with E-state index in [0.717, 1.165) is 5.39 Å². The summed E-state index contributed by atoms with van der Waals surface area (Å²) in [6.07, 6.45) is 0. The van der Waals surface area contributed by atoms with E-state index in [1.165, 1.54) is 0 Å². The van der Waals surface area contributed by atoms with Gasteiger partial charge in [-0.1, -0.05) is 36.4 Å². The Labute approximate surface area is 110 Å². The van der Waals surface area contributed by atoms with E-state index in [0.29, 0.717) is 10.9 Å². The van der Waals surface area contributed by atoms with Crippen LogP contribution in [-0.4, -0.2) is 36.0 Å². The number of hydrogen-bond donors (Lipinski definition) is 1. The van der Waals surface area contributed by atoms with Crippen LogP contribution in [0.25, 0.3) is 10.8 Å². The summed E-state index contributed by atoms with van der Waals surface area (Å²) >= 11 is 0. The zero-order valence-electron chi connectivity index (χ0n) is 8.84. The molecule has 80 valence electrons. The average Bonchev–Trinajstić information content (AvgIpc) is 2.15. The molecular weight excluding hydrogens is 236 g/mol. The monoisotopic (exact) mass is 246 g/mol. The first-order chi connectivity index (χ1) is 7.00. The fraction of sp³-hybridized carbons (Fsp3) is 0.0909. The maximum absolute atomic E-state index is 11.2. The third kappa shape index (κ3) is 2.37. The third-order valence-corrected chi connectivity index (χ3v) is 3.39. The van der Waals surface area contributed by atoms with Crippen LogP contribution >= 0.6 is 0 Å². The minimum absolute atomic E-state index is 0. The average molecular weight is 247 g/mol. The molecule has 0 atom stereocenters. The van der Waals surface area contributed by atoms with Crippen LogP contribution in [0, 0.1) is 6.92 Å². The molecule has 0 heterocycles. The molecule has 0 unspecified atom stereocenters. The Balaban J connectivity index is 0.00000128. The normalized spacial score (nSPS) is 11.1. The zero-order chi connectivity index (χ0) is 11.1. The molecule has 0 aromatic heterocycles. The van der Waals surface area contributed by atoms with Crippen LogP contribution in [0.4, 0.5) is 0 Å². The number of hydrogen-bond acceptors (Lipinski definition) is 2. The van der Waals surface area contributed by atoms with E-state index in [1.807, 2.05) is 18.2 Å². The number of benzene rings is 2. The van der Waals surface area contributed by atoms with Crippen molar-refractivity contribution in [2.24, 2.45) is 0 Å². The van der Waals surface area contributed by atoms with Crippen LogP contribution in [0.3, 0.4) is 0 Å². The SMILES string of the molecule is Cc1ccc2ccccc2c1S(=O)(=O)O.[Mg]. The Hall–Kier alpha value is -0.624.